The van der Waals surface area contributed by atoms with E-state index in [0.717, 1.165) is 23.5 Å². The number of benzene rings is 1. The summed E-state index contributed by atoms with van der Waals surface area (Å²) >= 11 is 0. The second-order valence-corrected chi connectivity index (χ2v) is 4.87. The lowest BCUT2D eigenvalue weighted by atomic mass is 9.92. The van der Waals surface area contributed by atoms with Gasteiger partial charge in [-0.15, -0.1) is 0 Å². The Balaban J connectivity index is 1.92. The molecule has 1 aromatic rings. The first-order valence-corrected chi connectivity index (χ1v) is 6.16. The van der Waals surface area contributed by atoms with E-state index in [2.05, 4.69) is 17.2 Å². The first kappa shape index (κ1) is 11.2. The average Bonchev–Trinajstić information content (AvgIpc) is 2.60. The lowest BCUT2D eigenvalue weighted by molar-refractivity contribution is 0.296. The molecule has 5 heteroatoms. The highest BCUT2D eigenvalue weighted by Crippen LogP contribution is 2.34. The van der Waals surface area contributed by atoms with E-state index < -0.39 is 0 Å². The van der Waals surface area contributed by atoms with Crippen LogP contribution in [0.3, 0.4) is 0 Å². The van der Waals surface area contributed by atoms with Gasteiger partial charge in [0.1, 0.15) is 0 Å². The quantitative estimate of drug-likeness (QED) is 0.776. The van der Waals surface area contributed by atoms with Gasteiger partial charge < -0.3 is 20.5 Å². The summed E-state index contributed by atoms with van der Waals surface area (Å²) in [6, 6.07) is 6.01. The van der Waals surface area contributed by atoms with Gasteiger partial charge in [-0.05, 0) is 24.6 Å². The van der Waals surface area contributed by atoms with Crippen molar-refractivity contribution >= 4 is 5.96 Å². The van der Waals surface area contributed by atoms with Gasteiger partial charge in [0.25, 0.3) is 0 Å². The molecular formula is C13H17N3O2. The summed E-state index contributed by atoms with van der Waals surface area (Å²) in [4.78, 5) is 4.21. The van der Waals surface area contributed by atoms with Crippen LogP contribution in [0, 0.1) is 0 Å². The van der Waals surface area contributed by atoms with Crippen LogP contribution in [0.15, 0.2) is 23.2 Å². The first-order chi connectivity index (χ1) is 8.67. The number of rotatable bonds is 1. The number of ether oxygens (including phenoxy) is 2. The normalized spacial score (nSPS) is 26.2. The van der Waals surface area contributed by atoms with Crippen molar-refractivity contribution < 1.29 is 9.47 Å². The molecule has 0 fully saturated rings. The fourth-order valence-electron chi connectivity index (χ4n) is 2.27. The van der Waals surface area contributed by atoms with Gasteiger partial charge in [-0.3, -0.25) is 4.99 Å². The number of hydrogen-bond donors (Lipinski definition) is 2. The first-order valence-electron chi connectivity index (χ1n) is 6.16. The third-order valence-corrected chi connectivity index (χ3v) is 3.35. The van der Waals surface area contributed by atoms with Gasteiger partial charge in [0.15, 0.2) is 17.5 Å². The Kier molecular flexibility index (Phi) is 2.54. The zero-order valence-electron chi connectivity index (χ0n) is 10.4. The maximum Gasteiger partial charge on any atom is 0.189 e. The van der Waals surface area contributed by atoms with Gasteiger partial charge in [-0.2, -0.15) is 0 Å². The predicted molar refractivity (Wildman–Crippen MR) is 69.0 cm³/mol. The van der Waals surface area contributed by atoms with E-state index in [9.17, 15) is 0 Å². The van der Waals surface area contributed by atoms with Gasteiger partial charge in [-0.1, -0.05) is 6.07 Å². The van der Waals surface area contributed by atoms with E-state index in [0.29, 0.717) is 25.7 Å². The molecule has 2 aliphatic heterocycles. The number of fused-ring (bicyclic) bond motifs is 1. The smallest absolute Gasteiger partial charge is 0.189 e. The summed E-state index contributed by atoms with van der Waals surface area (Å²) in [5.41, 5.74) is 6.55. The topological polar surface area (TPSA) is 68.9 Å². The Bertz CT molecular complexity index is 501. The molecule has 0 aromatic heterocycles. The van der Waals surface area contributed by atoms with E-state index >= 15 is 0 Å². The molecule has 0 saturated heterocycles. The Morgan fingerprint density at radius 3 is 2.78 bits per heavy atom. The van der Waals surface area contributed by atoms with E-state index in [1.54, 1.807) is 0 Å². The molecule has 18 heavy (non-hydrogen) atoms. The minimum atomic E-state index is -0.255. The van der Waals surface area contributed by atoms with Crippen molar-refractivity contribution in [3.05, 3.63) is 23.8 Å². The van der Waals surface area contributed by atoms with Crippen molar-refractivity contribution in [2.45, 2.75) is 18.9 Å². The van der Waals surface area contributed by atoms with Gasteiger partial charge in [0, 0.05) is 6.42 Å². The van der Waals surface area contributed by atoms with Crippen LogP contribution < -0.4 is 20.5 Å². The number of nitrogens with one attached hydrogen (secondary N) is 1. The SMILES string of the molecule is CC1(c2ccc3c(c2)OCCCO3)CN=C(N)N1. The zero-order valence-corrected chi connectivity index (χ0v) is 10.4. The minimum absolute atomic E-state index is 0.255. The van der Waals surface area contributed by atoms with Crippen LogP contribution in [0.4, 0.5) is 0 Å². The van der Waals surface area contributed by atoms with Crippen molar-refractivity contribution in [1.82, 2.24) is 5.32 Å². The monoisotopic (exact) mass is 247 g/mol. The molecule has 3 N–H and O–H groups in total. The van der Waals surface area contributed by atoms with Crippen molar-refractivity contribution in [2.75, 3.05) is 19.8 Å². The van der Waals surface area contributed by atoms with E-state index in [1.807, 2.05) is 18.2 Å². The highest BCUT2D eigenvalue weighted by molar-refractivity contribution is 5.81. The summed E-state index contributed by atoms with van der Waals surface area (Å²) in [6.45, 7) is 4.12. The van der Waals surface area contributed by atoms with Crippen LogP contribution in [0.2, 0.25) is 0 Å². The van der Waals surface area contributed by atoms with Crippen LogP contribution in [0.1, 0.15) is 18.9 Å². The Morgan fingerprint density at radius 1 is 1.28 bits per heavy atom. The van der Waals surface area contributed by atoms with Crippen molar-refractivity contribution in [3.8, 4) is 11.5 Å². The largest absolute Gasteiger partial charge is 0.490 e. The van der Waals surface area contributed by atoms with E-state index in [4.69, 9.17) is 15.2 Å². The highest BCUT2D eigenvalue weighted by Gasteiger charge is 2.32. The zero-order chi connectivity index (χ0) is 12.6. The van der Waals surface area contributed by atoms with Crippen molar-refractivity contribution in [3.63, 3.8) is 0 Å². The average molecular weight is 247 g/mol. The van der Waals surface area contributed by atoms with Crippen LogP contribution in [0.25, 0.3) is 0 Å². The Labute approximate surface area is 106 Å². The van der Waals surface area contributed by atoms with Gasteiger partial charge in [0.05, 0.1) is 25.3 Å². The summed E-state index contributed by atoms with van der Waals surface area (Å²) in [6.07, 6.45) is 0.912. The summed E-state index contributed by atoms with van der Waals surface area (Å²) in [7, 11) is 0. The van der Waals surface area contributed by atoms with Gasteiger partial charge in [0.2, 0.25) is 0 Å². The van der Waals surface area contributed by atoms with Crippen LogP contribution in [-0.2, 0) is 5.54 Å². The summed E-state index contributed by atoms with van der Waals surface area (Å²) in [5, 5.41) is 3.20. The lowest BCUT2D eigenvalue weighted by Gasteiger charge is -2.25. The number of hydrogen-bond acceptors (Lipinski definition) is 5. The second-order valence-electron chi connectivity index (χ2n) is 4.87. The predicted octanol–water partition coefficient (Wildman–Crippen LogP) is 0.981. The van der Waals surface area contributed by atoms with E-state index in [-0.39, 0.29) is 5.54 Å². The number of nitrogens with two attached hydrogens (primary N) is 1. The molecule has 0 spiro atoms. The third kappa shape index (κ3) is 1.85. The second kappa shape index (κ2) is 4.08. The van der Waals surface area contributed by atoms with Crippen LogP contribution in [0.5, 0.6) is 11.5 Å². The number of aliphatic imine (C=N–C) groups is 1. The molecule has 0 amide bonds. The fourth-order valence-corrected chi connectivity index (χ4v) is 2.27. The van der Waals surface area contributed by atoms with Crippen molar-refractivity contribution in [2.24, 2.45) is 10.7 Å². The molecular weight excluding hydrogens is 230 g/mol. The molecule has 2 aliphatic rings. The maximum absolute atomic E-state index is 5.70. The molecule has 1 aromatic carbocycles. The number of nitrogens with zero attached hydrogens (tertiary/aromatic N) is 1. The van der Waals surface area contributed by atoms with Crippen LogP contribution in [-0.4, -0.2) is 25.7 Å². The fraction of sp³-hybridized carbons (Fsp3) is 0.462. The Hall–Kier alpha value is -1.91. The molecule has 0 aliphatic carbocycles. The van der Waals surface area contributed by atoms with Crippen molar-refractivity contribution in [1.29, 1.82) is 0 Å². The molecule has 0 bridgehead atoms. The molecule has 0 radical (unpaired) electrons. The number of guanidine groups is 1. The highest BCUT2D eigenvalue weighted by atomic mass is 16.5. The molecule has 2 heterocycles. The molecule has 96 valence electrons. The maximum atomic E-state index is 5.70. The molecule has 5 nitrogen and oxygen atoms in total. The third-order valence-electron chi connectivity index (χ3n) is 3.35. The lowest BCUT2D eigenvalue weighted by Crippen LogP contribution is -2.42. The van der Waals surface area contributed by atoms with Gasteiger partial charge in [-0.25, -0.2) is 0 Å². The molecule has 0 saturated carbocycles. The summed E-state index contributed by atoms with van der Waals surface area (Å²) in [5.74, 6) is 2.11. The molecule has 1 unspecified atom stereocenters. The molecule has 1 atom stereocenters. The van der Waals surface area contributed by atoms with Crippen LogP contribution >= 0.6 is 0 Å². The van der Waals surface area contributed by atoms with E-state index in [1.165, 1.54) is 0 Å². The summed E-state index contributed by atoms with van der Waals surface area (Å²) < 4.78 is 11.3. The standard InChI is InChI=1S/C13H17N3O2/c1-13(8-15-12(14)16-13)9-3-4-10-11(7-9)18-6-2-5-17-10/h3-4,7H,2,5-6,8H2,1H3,(H3,14,15,16). The van der Waals surface area contributed by atoms with Gasteiger partial charge >= 0.3 is 0 Å². The minimum Gasteiger partial charge on any atom is -0.490 e. The Morgan fingerprint density at radius 2 is 2.06 bits per heavy atom. The molecule has 3 rings (SSSR count).